The van der Waals surface area contributed by atoms with E-state index in [1.54, 1.807) is 43.7 Å². The van der Waals surface area contributed by atoms with E-state index in [1.807, 2.05) is 0 Å². The molecule has 0 aliphatic carbocycles. The van der Waals surface area contributed by atoms with Gasteiger partial charge in [0.05, 0.1) is 16.6 Å². The molecule has 0 bridgehead atoms. The number of benzene rings is 1. The van der Waals surface area contributed by atoms with Crippen molar-refractivity contribution in [3.8, 4) is 0 Å². The Labute approximate surface area is 117 Å². The van der Waals surface area contributed by atoms with Gasteiger partial charge in [0, 0.05) is 23.6 Å². The molecule has 1 heterocycles. The fraction of sp³-hybridized carbons (Fsp3) is 0.357. The predicted octanol–water partition coefficient (Wildman–Crippen LogP) is 2.20. The van der Waals surface area contributed by atoms with Gasteiger partial charge < -0.3 is 9.67 Å². The maximum atomic E-state index is 12.0. The third kappa shape index (κ3) is 2.56. The molecule has 0 saturated carbocycles. The molecule has 1 aromatic carbocycles. The molecule has 2 aromatic rings. The number of nitrogens with zero attached hydrogens (tertiary/aromatic N) is 1. The van der Waals surface area contributed by atoms with Crippen LogP contribution >= 0.6 is 0 Å². The number of hydrogen-bond donors (Lipinski definition) is 1. The van der Waals surface area contributed by atoms with Gasteiger partial charge in [0.15, 0.2) is 9.84 Å². The first kappa shape index (κ1) is 14.6. The SMILES string of the molecule is CC(C)S(=O)(=O)Cc1cc2cc(C(=O)O)ccc2n1C. The Hall–Kier alpha value is -1.82. The van der Waals surface area contributed by atoms with Gasteiger partial charge in [-0.3, -0.25) is 0 Å². The lowest BCUT2D eigenvalue weighted by molar-refractivity contribution is 0.0697. The van der Waals surface area contributed by atoms with Crippen LogP contribution in [0.1, 0.15) is 29.9 Å². The van der Waals surface area contributed by atoms with Crippen molar-refractivity contribution in [3.05, 3.63) is 35.5 Å². The molecule has 1 N–H and O–H groups in total. The molecule has 0 saturated heterocycles. The number of rotatable bonds is 4. The highest BCUT2D eigenvalue weighted by molar-refractivity contribution is 7.91. The van der Waals surface area contributed by atoms with Crippen molar-refractivity contribution in [2.45, 2.75) is 24.9 Å². The summed E-state index contributed by atoms with van der Waals surface area (Å²) in [6, 6.07) is 6.51. The zero-order chi connectivity index (χ0) is 15.1. The second-order valence-corrected chi connectivity index (χ2v) is 7.69. The molecule has 6 heteroatoms. The van der Waals surface area contributed by atoms with E-state index in [2.05, 4.69) is 0 Å². The van der Waals surface area contributed by atoms with Gasteiger partial charge in [-0.15, -0.1) is 0 Å². The Balaban J connectivity index is 2.51. The topological polar surface area (TPSA) is 76.4 Å². The van der Waals surface area contributed by atoms with E-state index in [1.165, 1.54) is 6.07 Å². The molecule has 0 fully saturated rings. The van der Waals surface area contributed by atoms with Crippen LogP contribution in [0, 0.1) is 0 Å². The first-order valence-corrected chi connectivity index (χ1v) is 7.97. The Morgan fingerprint density at radius 1 is 1.30 bits per heavy atom. The summed E-state index contributed by atoms with van der Waals surface area (Å²) < 4.78 is 25.8. The number of aromatic carboxylic acids is 1. The van der Waals surface area contributed by atoms with Gasteiger partial charge in [0.2, 0.25) is 0 Å². The first-order valence-electron chi connectivity index (χ1n) is 6.25. The number of carboxylic acids is 1. The monoisotopic (exact) mass is 295 g/mol. The fourth-order valence-corrected chi connectivity index (χ4v) is 3.07. The Kier molecular flexibility index (Phi) is 3.60. The van der Waals surface area contributed by atoms with Gasteiger partial charge in [-0.2, -0.15) is 0 Å². The van der Waals surface area contributed by atoms with Crippen LogP contribution in [-0.2, 0) is 22.6 Å². The molecule has 0 atom stereocenters. The zero-order valence-corrected chi connectivity index (χ0v) is 12.4. The normalized spacial score (nSPS) is 12.2. The standard InChI is InChI=1S/C14H17NO4S/c1-9(2)20(18,19)8-12-7-11-6-10(14(16)17)4-5-13(11)15(12)3/h4-7,9H,8H2,1-3H3,(H,16,17). The quantitative estimate of drug-likeness (QED) is 0.938. The summed E-state index contributed by atoms with van der Waals surface area (Å²) in [6.45, 7) is 3.31. The number of sulfone groups is 1. The highest BCUT2D eigenvalue weighted by atomic mass is 32.2. The van der Waals surface area contributed by atoms with Crippen LogP contribution in [0.5, 0.6) is 0 Å². The van der Waals surface area contributed by atoms with E-state index in [0.717, 1.165) is 10.9 Å². The molecule has 1 aromatic heterocycles. The second-order valence-electron chi connectivity index (χ2n) is 5.13. The lowest BCUT2D eigenvalue weighted by atomic mass is 10.1. The van der Waals surface area contributed by atoms with Crippen molar-refractivity contribution in [1.82, 2.24) is 4.57 Å². The summed E-state index contributed by atoms with van der Waals surface area (Å²) >= 11 is 0. The van der Waals surface area contributed by atoms with Gasteiger partial charge in [-0.05, 0) is 38.1 Å². The molecular weight excluding hydrogens is 278 g/mol. The molecule has 20 heavy (non-hydrogen) atoms. The van der Waals surface area contributed by atoms with Gasteiger partial charge in [0.1, 0.15) is 0 Å². The molecule has 0 aliphatic heterocycles. The van der Waals surface area contributed by atoms with Crippen molar-refractivity contribution < 1.29 is 18.3 Å². The van der Waals surface area contributed by atoms with E-state index in [4.69, 9.17) is 5.11 Å². The molecule has 0 spiro atoms. The molecule has 0 aliphatic rings. The number of aryl methyl sites for hydroxylation is 1. The molecule has 2 rings (SSSR count). The lowest BCUT2D eigenvalue weighted by Crippen LogP contribution is -2.17. The van der Waals surface area contributed by atoms with Crippen LogP contribution in [0.25, 0.3) is 10.9 Å². The fourth-order valence-electron chi connectivity index (χ4n) is 2.05. The predicted molar refractivity (Wildman–Crippen MR) is 77.6 cm³/mol. The number of carbonyl (C=O) groups is 1. The summed E-state index contributed by atoms with van der Waals surface area (Å²) in [5.74, 6) is -1.04. The van der Waals surface area contributed by atoms with Crippen LogP contribution in [-0.4, -0.2) is 29.3 Å². The number of hydrogen-bond acceptors (Lipinski definition) is 3. The third-order valence-corrected chi connectivity index (χ3v) is 5.59. The largest absolute Gasteiger partial charge is 0.478 e. The minimum Gasteiger partial charge on any atom is -0.478 e. The second kappa shape index (κ2) is 4.94. The summed E-state index contributed by atoms with van der Waals surface area (Å²) in [5, 5.41) is 9.28. The average molecular weight is 295 g/mol. The van der Waals surface area contributed by atoms with Crippen molar-refractivity contribution in [1.29, 1.82) is 0 Å². The van der Waals surface area contributed by atoms with E-state index < -0.39 is 21.1 Å². The van der Waals surface area contributed by atoms with Crippen LogP contribution in [0.2, 0.25) is 0 Å². The minimum absolute atomic E-state index is 0.0434. The van der Waals surface area contributed by atoms with Crippen molar-refractivity contribution in [3.63, 3.8) is 0 Å². The van der Waals surface area contributed by atoms with Gasteiger partial charge >= 0.3 is 5.97 Å². The lowest BCUT2D eigenvalue weighted by Gasteiger charge is -2.08. The highest BCUT2D eigenvalue weighted by Crippen LogP contribution is 2.22. The molecule has 0 amide bonds. The number of fused-ring (bicyclic) bond motifs is 1. The van der Waals surface area contributed by atoms with Gasteiger partial charge in [-0.1, -0.05) is 0 Å². The third-order valence-electron chi connectivity index (χ3n) is 3.46. The first-order chi connectivity index (χ1) is 9.22. The number of aromatic nitrogens is 1. The van der Waals surface area contributed by atoms with Gasteiger partial charge in [-0.25, -0.2) is 13.2 Å². The minimum atomic E-state index is -3.19. The van der Waals surface area contributed by atoms with Crippen LogP contribution in [0.15, 0.2) is 24.3 Å². The van der Waals surface area contributed by atoms with Crippen LogP contribution < -0.4 is 0 Å². The van der Waals surface area contributed by atoms with E-state index in [0.29, 0.717) is 5.69 Å². The molecule has 108 valence electrons. The molecule has 0 radical (unpaired) electrons. The smallest absolute Gasteiger partial charge is 0.335 e. The van der Waals surface area contributed by atoms with Crippen molar-refractivity contribution >= 4 is 26.7 Å². The maximum absolute atomic E-state index is 12.0. The van der Waals surface area contributed by atoms with E-state index in [-0.39, 0.29) is 11.3 Å². The zero-order valence-electron chi connectivity index (χ0n) is 11.6. The summed E-state index contributed by atoms with van der Waals surface area (Å²) in [4.78, 5) is 11.0. The van der Waals surface area contributed by atoms with Crippen molar-refractivity contribution in [2.24, 2.45) is 7.05 Å². The van der Waals surface area contributed by atoms with Crippen LogP contribution in [0.4, 0.5) is 0 Å². The van der Waals surface area contributed by atoms with Crippen LogP contribution in [0.3, 0.4) is 0 Å². The van der Waals surface area contributed by atoms with E-state index >= 15 is 0 Å². The molecule has 5 nitrogen and oxygen atoms in total. The Morgan fingerprint density at radius 2 is 1.95 bits per heavy atom. The average Bonchev–Trinajstić information content (AvgIpc) is 2.65. The maximum Gasteiger partial charge on any atom is 0.335 e. The Morgan fingerprint density at radius 3 is 2.50 bits per heavy atom. The molecular formula is C14H17NO4S. The van der Waals surface area contributed by atoms with Gasteiger partial charge in [0.25, 0.3) is 0 Å². The summed E-state index contributed by atoms with van der Waals surface area (Å²) in [5.41, 5.74) is 1.68. The Bertz CT molecular complexity index is 772. The molecule has 0 unspecified atom stereocenters. The summed E-state index contributed by atoms with van der Waals surface area (Å²) in [6.07, 6.45) is 0. The highest BCUT2D eigenvalue weighted by Gasteiger charge is 2.19. The number of carboxylic acid groups (broad SMARTS) is 1. The van der Waals surface area contributed by atoms with Crippen molar-refractivity contribution in [2.75, 3.05) is 0 Å². The summed E-state index contributed by atoms with van der Waals surface area (Å²) in [7, 11) is -1.40. The van der Waals surface area contributed by atoms with E-state index in [9.17, 15) is 13.2 Å².